The summed E-state index contributed by atoms with van der Waals surface area (Å²) >= 11 is 1.72. The third-order valence-electron chi connectivity index (χ3n) is 3.47. The molecule has 2 rings (SSSR count). The zero-order valence-electron chi connectivity index (χ0n) is 13.1. The summed E-state index contributed by atoms with van der Waals surface area (Å²) in [4.78, 5) is 5.68. The molecule has 0 bridgehead atoms. The van der Waals surface area contributed by atoms with Gasteiger partial charge in [0.1, 0.15) is 0 Å². The largest absolute Gasteiger partial charge is 0.339 e. The molecule has 21 heavy (non-hydrogen) atoms. The van der Waals surface area contributed by atoms with Crippen molar-refractivity contribution in [2.45, 2.75) is 50.8 Å². The highest BCUT2D eigenvalue weighted by molar-refractivity contribution is 7.98. The molecule has 2 aromatic rings. The van der Waals surface area contributed by atoms with Gasteiger partial charge in [-0.2, -0.15) is 4.98 Å². The molecule has 5 heteroatoms. The summed E-state index contributed by atoms with van der Waals surface area (Å²) < 4.78 is 5.29. The standard InChI is InChI=1S/C16H23N3OS/c1-11-7-5-6-8-12(11)21-10-14-18-15(20-19-14)9-13(17)16(2,3)4/h5-8,13H,9-10,17H2,1-4H3. The summed E-state index contributed by atoms with van der Waals surface area (Å²) in [5.41, 5.74) is 7.44. The maximum absolute atomic E-state index is 6.14. The van der Waals surface area contributed by atoms with Gasteiger partial charge in [0.05, 0.1) is 5.75 Å². The van der Waals surface area contributed by atoms with Crippen molar-refractivity contribution < 1.29 is 4.52 Å². The van der Waals surface area contributed by atoms with E-state index in [2.05, 4.69) is 50.0 Å². The van der Waals surface area contributed by atoms with E-state index in [0.717, 1.165) is 5.82 Å². The molecule has 0 spiro atoms. The summed E-state index contributed by atoms with van der Waals surface area (Å²) in [7, 11) is 0. The first-order valence-electron chi connectivity index (χ1n) is 7.12. The number of benzene rings is 1. The number of hydrogen-bond acceptors (Lipinski definition) is 5. The maximum Gasteiger partial charge on any atom is 0.228 e. The molecule has 1 aromatic carbocycles. The van der Waals surface area contributed by atoms with E-state index in [-0.39, 0.29) is 11.5 Å². The van der Waals surface area contributed by atoms with Crippen LogP contribution in [-0.2, 0) is 12.2 Å². The molecule has 2 N–H and O–H groups in total. The molecular weight excluding hydrogens is 282 g/mol. The van der Waals surface area contributed by atoms with Crippen LogP contribution in [0.5, 0.6) is 0 Å². The number of nitrogens with zero attached hydrogens (tertiary/aromatic N) is 2. The highest BCUT2D eigenvalue weighted by Crippen LogP contribution is 2.25. The van der Waals surface area contributed by atoms with Gasteiger partial charge < -0.3 is 10.3 Å². The van der Waals surface area contributed by atoms with Crippen LogP contribution in [0.15, 0.2) is 33.7 Å². The van der Waals surface area contributed by atoms with E-state index in [9.17, 15) is 0 Å². The highest BCUT2D eigenvalue weighted by atomic mass is 32.2. The number of nitrogens with two attached hydrogens (primary N) is 1. The van der Waals surface area contributed by atoms with Crippen LogP contribution in [0.2, 0.25) is 0 Å². The van der Waals surface area contributed by atoms with E-state index in [4.69, 9.17) is 10.3 Å². The minimum absolute atomic E-state index is 0.00909. The van der Waals surface area contributed by atoms with Gasteiger partial charge in [0, 0.05) is 17.4 Å². The molecule has 0 aliphatic rings. The fourth-order valence-corrected chi connectivity index (χ4v) is 2.66. The Hall–Kier alpha value is -1.33. The van der Waals surface area contributed by atoms with Gasteiger partial charge >= 0.3 is 0 Å². The monoisotopic (exact) mass is 305 g/mol. The normalized spacial score (nSPS) is 13.4. The van der Waals surface area contributed by atoms with Crippen molar-refractivity contribution in [3.8, 4) is 0 Å². The summed E-state index contributed by atoms with van der Waals surface area (Å²) in [6.07, 6.45) is 0.617. The van der Waals surface area contributed by atoms with Crippen LogP contribution in [0.25, 0.3) is 0 Å². The second kappa shape index (κ2) is 6.62. The Labute approximate surface area is 130 Å². The minimum atomic E-state index is 0.00909. The molecule has 0 saturated heterocycles. The fourth-order valence-electron chi connectivity index (χ4n) is 1.79. The van der Waals surface area contributed by atoms with E-state index >= 15 is 0 Å². The summed E-state index contributed by atoms with van der Waals surface area (Å²) in [5, 5.41) is 4.03. The number of aromatic nitrogens is 2. The zero-order valence-corrected chi connectivity index (χ0v) is 13.9. The van der Waals surface area contributed by atoms with E-state index < -0.39 is 0 Å². The third-order valence-corrected chi connectivity index (χ3v) is 4.64. The van der Waals surface area contributed by atoms with Crippen molar-refractivity contribution >= 4 is 11.8 Å². The van der Waals surface area contributed by atoms with Crippen molar-refractivity contribution in [2.24, 2.45) is 11.1 Å². The smallest absolute Gasteiger partial charge is 0.228 e. The van der Waals surface area contributed by atoms with Crippen molar-refractivity contribution in [3.63, 3.8) is 0 Å². The van der Waals surface area contributed by atoms with Crippen molar-refractivity contribution in [2.75, 3.05) is 0 Å². The van der Waals surface area contributed by atoms with Crippen molar-refractivity contribution in [3.05, 3.63) is 41.5 Å². The van der Waals surface area contributed by atoms with E-state index in [1.165, 1.54) is 10.5 Å². The number of thioether (sulfide) groups is 1. The van der Waals surface area contributed by atoms with Crippen LogP contribution >= 0.6 is 11.8 Å². The average Bonchev–Trinajstić information content (AvgIpc) is 2.84. The molecule has 1 atom stereocenters. The molecule has 0 radical (unpaired) electrons. The highest BCUT2D eigenvalue weighted by Gasteiger charge is 2.23. The molecule has 1 aromatic heterocycles. The Kier molecular flexibility index (Phi) is 5.06. The van der Waals surface area contributed by atoms with Crippen molar-refractivity contribution in [1.82, 2.24) is 10.1 Å². The van der Waals surface area contributed by atoms with Gasteiger partial charge in [-0.05, 0) is 24.0 Å². The lowest BCUT2D eigenvalue weighted by molar-refractivity contribution is 0.285. The van der Waals surface area contributed by atoms with Crippen molar-refractivity contribution in [1.29, 1.82) is 0 Å². The van der Waals surface area contributed by atoms with Crippen LogP contribution in [0.3, 0.4) is 0 Å². The first-order valence-corrected chi connectivity index (χ1v) is 8.10. The second-order valence-electron chi connectivity index (χ2n) is 6.34. The Bertz CT molecular complexity index is 589. The van der Waals surface area contributed by atoms with Gasteiger partial charge in [-0.1, -0.05) is 44.1 Å². The quantitative estimate of drug-likeness (QED) is 0.855. The minimum Gasteiger partial charge on any atom is -0.339 e. The number of hydrogen-bond donors (Lipinski definition) is 1. The van der Waals surface area contributed by atoms with Gasteiger partial charge in [-0.15, -0.1) is 11.8 Å². The van der Waals surface area contributed by atoms with E-state index in [1.807, 2.05) is 12.1 Å². The van der Waals surface area contributed by atoms with E-state index in [1.54, 1.807) is 11.8 Å². The van der Waals surface area contributed by atoms with Crippen LogP contribution in [0, 0.1) is 12.3 Å². The van der Waals surface area contributed by atoms with E-state index in [0.29, 0.717) is 18.1 Å². The molecule has 0 aliphatic heterocycles. The lowest BCUT2D eigenvalue weighted by Crippen LogP contribution is -2.36. The molecule has 114 valence electrons. The zero-order chi connectivity index (χ0) is 15.5. The van der Waals surface area contributed by atoms with Gasteiger partial charge in [-0.3, -0.25) is 0 Å². The molecule has 1 unspecified atom stereocenters. The summed E-state index contributed by atoms with van der Waals surface area (Å²) in [6, 6.07) is 8.30. The fraction of sp³-hybridized carbons (Fsp3) is 0.500. The molecule has 1 heterocycles. The Balaban J connectivity index is 1.93. The molecule has 4 nitrogen and oxygen atoms in total. The van der Waals surface area contributed by atoms with Gasteiger partial charge in [0.25, 0.3) is 0 Å². The molecular formula is C16H23N3OS. The number of aryl methyl sites for hydroxylation is 1. The average molecular weight is 305 g/mol. The molecule has 0 amide bonds. The molecule has 0 aliphatic carbocycles. The van der Waals surface area contributed by atoms with Crippen LogP contribution < -0.4 is 5.73 Å². The van der Waals surface area contributed by atoms with Gasteiger partial charge in [0.2, 0.25) is 5.89 Å². The summed E-state index contributed by atoms with van der Waals surface area (Å²) in [6.45, 7) is 8.45. The Morgan fingerprint density at radius 3 is 2.67 bits per heavy atom. The predicted molar refractivity (Wildman–Crippen MR) is 86.2 cm³/mol. The van der Waals surface area contributed by atoms with Crippen LogP contribution in [0.1, 0.15) is 38.0 Å². The maximum atomic E-state index is 6.14. The SMILES string of the molecule is Cc1ccccc1SCc1noc(CC(N)C(C)(C)C)n1. The third kappa shape index (κ3) is 4.58. The van der Waals surface area contributed by atoms with Crippen LogP contribution in [0.4, 0.5) is 0 Å². The second-order valence-corrected chi connectivity index (χ2v) is 7.35. The van der Waals surface area contributed by atoms with Gasteiger partial charge in [-0.25, -0.2) is 0 Å². The van der Waals surface area contributed by atoms with Crippen LogP contribution in [-0.4, -0.2) is 16.2 Å². The molecule has 0 saturated carbocycles. The Morgan fingerprint density at radius 2 is 2.00 bits per heavy atom. The summed E-state index contributed by atoms with van der Waals surface area (Å²) in [5.74, 6) is 2.05. The first kappa shape index (κ1) is 16.0. The lowest BCUT2D eigenvalue weighted by Gasteiger charge is -2.25. The van der Waals surface area contributed by atoms with Gasteiger partial charge in [0.15, 0.2) is 5.82 Å². The number of rotatable bonds is 5. The topological polar surface area (TPSA) is 64.9 Å². The molecule has 0 fully saturated rings. The predicted octanol–water partition coefficient (Wildman–Crippen LogP) is 3.59. The lowest BCUT2D eigenvalue weighted by atomic mass is 9.85. The Morgan fingerprint density at radius 1 is 1.29 bits per heavy atom. The first-order chi connectivity index (χ1) is 9.86.